The summed E-state index contributed by atoms with van der Waals surface area (Å²) >= 11 is 7.35. The van der Waals surface area contributed by atoms with Crippen LogP contribution < -0.4 is 14.8 Å². The fourth-order valence-electron chi connectivity index (χ4n) is 2.61. The lowest BCUT2D eigenvalue weighted by Crippen LogP contribution is -2.12. The Balaban J connectivity index is 1.69. The van der Waals surface area contributed by atoms with Crippen molar-refractivity contribution in [2.75, 3.05) is 11.9 Å². The van der Waals surface area contributed by atoms with Crippen LogP contribution in [0.15, 0.2) is 42.5 Å². The zero-order valence-electron chi connectivity index (χ0n) is 15.9. The standard InChI is InChI=1S/C21H21ClN2O3S/c1-4-26-18-8-6-5-7-17(18)24-21(25)20-14(3)23-19(28-20)12-27-15-9-10-16(22)13(2)11-15/h5-11H,4,12H2,1-3H3,(H,24,25). The summed E-state index contributed by atoms with van der Waals surface area (Å²) in [5.41, 5.74) is 2.25. The van der Waals surface area contributed by atoms with Gasteiger partial charge in [-0.25, -0.2) is 4.98 Å². The van der Waals surface area contributed by atoms with Gasteiger partial charge in [0, 0.05) is 5.02 Å². The maximum Gasteiger partial charge on any atom is 0.267 e. The lowest BCUT2D eigenvalue weighted by molar-refractivity contribution is 0.102. The Bertz CT molecular complexity index is 988. The topological polar surface area (TPSA) is 60.5 Å². The highest BCUT2D eigenvalue weighted by atomic mass is 35.5. The first-order valence-electron chi connectivity index (χ1n) is 8.86. The van der Waals surface area contributed by atoms with Crippen LogP contribution in [0.1, 0.15) is 32.9 Å². The van der Waals surface area contributed by atoms with Crippen LogP contribution in [-0.2, 0) is 6.61 Å². The summed E-state index contributed by atoms with van der Waals surface area (Å²) in [5.74, 6) is 1.14. The van der Waals surface area contributed by atoms with Gasteiger partial charge < -0.3 is 14.8 Å². The SMILES string of the molecule is CCOc1ccccc1NC(=O)c1sc(COc2ccc(Cl)c(C)c2)nc1C. The number of nitrogens with one attached hydrogen (secondary N) is 1. The van der Waals surface area contributed by atoms with E-state index in [1.165, 1.54) is 11.3 Å². The number of benzene rings is 2. The summed E-state index contributed by atoms with van der Waals surface area (Å²) in [6, 6.07) is 12.8. The molecule has 0 atom stereocenters. The first kappa shape index (κ1) is 20.2. The summed E-state index contributed by atoms with van der Waals surface area (Å²) in [7, 11) is 0. The predicted molar refractivity (Wildman–Crippen MR) is 113 cm³/mol. The first-order chi connectivity index (χ1) is 13.5. The van der Waals surface area contributed by atoms with Gasteiger partial charge in [-0.15, -0.1) is 11.3 Å². The quantitative estimate of drug-likeness (QED) is 0.541. The molecule has 0 aliphatic rings. The minimum absolute atomic E-state index is 0.212. The molecule has 1 heterocycles. The first-order valence-corrected chi connectivity index (χ1v) is 10.1. The van der Waals surface area contributed by atoms with Crippen molar-refractivity contribution in [1.82, 2.24) is 4.98 Å². The average molecular weight is 417 g/mol. The Hall–Kier alpha value is -2.57. The number of amides is 1. The fourth-order valence-corrected chi connectivity index (χ4v) is 3.60. The molecule has 2 aromatic carbocycles. The smallest absolute Gasteiger partial charge is 0.267 e. The predicted octanol–water partition coefficient (Wildman–Crippen LogP) is 5.64. The van der Waals surface area contributed by atoms with E-state index in [1.807, 2.05) is 57.2 Å². The van der Waals surface area contributed by atoms with E-state index in [2.05, 4.69) is 10.3 Å². The van der Waals surface area contributed by atoms with Gasteiger partial charge in [-0.2, -0.15) is 0 Å². The summed E-state index contributed by atoms with van der Waals surface area (Å²) in [6.45, 7) is 6.45. The van der Waals surface area contributed by atoms with Crippen LogP contribution in [0.3, 0.4) is 0 Å². The molecule has 0 fully saturated rings. The number of hydrogen-bond acceptors (Lipinski definition) is 5. The zero-order valence-corrected chi connectivity index (χ0v) is 17.5. The summed E-state index contributed by atoms with van der Waals surface area (Å²) in [4.78, 5) is 17.7. The van der Waals surface area contributed by atoms with Crippen LogP contribution in [0.25, 0.3) is 0 Å². The van der Waals surface area contributed by atoms with Gasteiger partial charge in [0.2, 0.25) is 0 Å². The molecule has 0 bridgehead atoms. The largest absolute Gasteiger partial charge is 0.492 e. The van der Waals surface area contributed by atoms with Crippen molar-refractivity contribution >= 4 is 34.5 Å². The van der Waals surface area contributed by atoms with E-state index < -0.39 is 0 Å². The molecular weight excluding hydrogens is 396 g/mol. The van der Waals surface area contributed by atoms with Gasteiger partial charge in [-0.05, 0) is 56.7 Å². The van der Waals surface area contributed by atoms with Crippen molar-refractivity contribution in [2.45, 2.75) is 27.4 Å². The van der Waals surface area contributed by atoms with Gasteiger partial charge in [0.05, 0.1) is 18.0 Å². The molecule has 0 unspecified atom stereocenters. The van der Waals surface area contributed by atoms with E-state index in [0.717, 1.165) is 10.6 Å². The highest BCUT2D eigenvalue weighted by molar-refractivity contribution is 7.13. The lowest BCUT2D eigenvalue weighted by Gasteiger charge is -2.10. The second kappa shape index (κ2) is 9.08. The van der Waals surface area contributed by atoms with Crippen LogP contribution in [0.5, 0.6) is 11.5 Å². The molecule has 0 saturated heterocycles. The van der Waals surface area contributed by atoms with Crippen LogP contribution in [0, 0.1) is 13.8 Å². The molecule has 146 valence electrons. The minimum Gasteiger partial charge on any atom is -0.492 e. The monoisotopic (exact) mass is 416 g/mol. The van der Waals surface area contributed by atoms with E-state index >= 15 is 0 Å². The lowest BCUT2D eigenvalue weighted by atomic mass is 10.2. The zero-order chi connectivity index (χ0) is 20.1. The third kappa shape index (κ3) is 4.82. The number of halogens is 1. The van der Waals surface area contributed by atoms with E-state index in [-0.39, 0.29) is 12.5 Å². The molecule has 0 radical (unpaired) electrons. The van der Waals surface area contributed by atoms with Gasteiger partial charge in [0.1, 0.15) is 28.0 Å². The van der Waals surface area contributed by atoms with E-state index in [4.69, 9.17) is 21.1 Å². The number of rotatable bonds is 7. The molecule has 1 N–H and O–H groups in total. The normalized spacial score (nSPS) is 10.6. The van der Waals surface area contributed by atoms with Crippen molar-refractivity contribution in [3.05, 3.63) is 68.6 Å². The number of aromatic nitrogens is 1. The summed E-state index contributed by atoms with van der Waals surface area (Å²) in [5, 5.41) is 4.33. The molecular formula is C21H21ClN2O3S. The number of hydrogen-bond donors (Lipinski definition) is 1. The van der Waals surface area contributed by atoms with Crippen molar-refractivity contribution in [1.29, 1.82) is 0 Å². The molecule has 28 heavy (non-hydrogen) atoms. The third-order valence-corrected chi connectivity index (χ3v) is 5.53. The van der Waals surface area contributed by atoms with Crippen LogP contribution in [0.2, 0.25) is 5.02 Å². The minimum atomic E-state index is -0.212. The molecule has 0 aliphatic heterocycles. The molecule has 3 aromatic rings. The van der Waals surface area contributed by atoms with E-state index in [1.54, 1.807) is 6.07 Å². The number of thiazole rings is 1. The van der Waals surface area contributed by atoms with Crippen molar-refractivity contribution in [2.24, 2.45) is 0 Å². The number of nitrogens with zero attached hydrogens (tertiary/aromatic N) is 1. The van der Waals surface area contributed by atoms with Crippen LogP contribution in [-0.4, -0.2) is 17.5 Å². The van der Waals surface area contributed by atoms with Gasteiger partial charge in [-0.1, -0.05) is 23.7 Å². The van der Waals surface area contributed by atoms with Gasteiger partial charge >= 0.3 is 0 Å². The maximum absolute atomic E-state index is 12.7. The van der Waals surface area contributed by atoms with E-state index in [9.17, 15) is 4.79 Å². The molecule has 0 saturated carbocycles. The molecule has 0 spiro atoms. The Morgan fingerprint density at radius 3 is 2.71 bits per heavy atom. The number of carbonyl (C=O) groups excluding carboxylic acids is 1. The fraction of sp³-hybridized carbons (Fsp3) is 0.238. The number of ether oxygens (including phenoxy) is 2. The molecule has 7 heteroatoms. The van der Waals surface area contributed by atoms with E-state index in [0.29, 0.717) is 39.4 Å². The molecule has 5 nitrogen and oxygen atoms in total. The number of carbonyl (C=O) groups is 1. The van der Waals surface area contributed by atoms with Crippen molar-refractivity contribution in [3.8, 4) is 11.5 Å². The Morgan fingerprint density at radius 1 is 1.18 bits per heavy atom. The van der Waals surface area contributed by atoms with Gasteiger partial charge in [-0.3, -0.25) is 4.79 Å². The summed E-state index contributed by atoms with van der Waals surface area (Å²) < 4.78 is 11.3. The molecule has 3 rings (SSSR count). The Labute approximate surface area is 173 Å². The van der Waals surface area contributed by atoms with Crippen molar-refractivity contribution in [3.63, 3.8) is 0 Å². The van der Waals surface area contributed by atoms with Crippen LogP contribution in [0.4, 0.5) is 5.69 Å². The number of aryl methyl sites for hydroxylation is 2. The average Bonchev–Trinajstić information content (AvgIpc) is 3.05. The van der Waals surface area contributed by atoms with Gasteiger partial charge in [0.25, 0.3) is 5.91 Å². The molecule has 1 amide bonds. The summed E-state index contributed by atoms with van der Waals surface area (Å²) in [6.07, 6.45) is 0. The highest BCUT2D eigenvalue weighted by Gasteiger charge is 2.17. The van der Waals surface area contributed by atoms with Crippen molar-refractivity contribution < 1.29 is 14.3 Å². The third-order valence-electron chi connectivity index (χ3n) is 3.97. The number of anilines is 1. The Kier molecular flexibility index (Phi) is 6.54. The Morgan fingerprint density at radius 2 is 1.96 bits per heavy atom. The molecule has 1 aromatic heterocycles. The second-order valence-electron chi connectivity index (χ2n) is 6.11. The maximum atomic E-state index is 12.7. The van der Waals surface area contributed by atoms with Gasteiger partial charge in [0.15, 0.2) is 0 Å². The molecule has 0 aliphatic carbocycles. The highest BCUT2D eigenvalue weighted by Crippen LogP contribution is 2.27. The number of para-hydroxylation sites is 2. The second-order valence-corrected chi connectivity index (χ2v) is 7.60. The van der Waals surface area contributed by atoms with Crippen LogP contribution >= 0.6 is 22.9 Å².